The van der Waals surface area contributed by atoms with E-state index in [1.807, 2.05) is 0 Å². The van der Waals surface area contributed by atoms with Crippen molar-refractivity contribution >= 4 is 23.7 Å². The van der Waals surface area contributed by atoms with E-state index in [0.717, 1.165) is 0 Å². The summed E-state index contributed by atoms with van der Waals surface area (Å²) in [6, 6.07) is 0. The zero-order chi connectivity index (χ0) is 21.4. The fourth-order valence-electron chi connectivity index (χ4n) is 2.41. The van der Waals surface area contributed by atoms with Gasteiger partial charge in [-0.25, -0.2) is 4.79 Å². The smallest absolute Gasteiger partial charge is 0.333 e. The molecule has 0 spiro atoms. The maximum atomic E-state index is 12.1. The summed E-state index contributed by atoms with van der Waals surface area (Å²) in [6.45, 7) is 11.6. The van der Waals surface area contributed by atoms with Gasteiger partial charge in [-0.2, -0.15) is 0 Å². The van der Waals surface area contributed by atoms with Crippen LogP contribution >= 0.6 is 0 Å². The Bertz CT molecular complexity index is 660. The van der Waals surface area contributed by atoms with Gasteiger partial charge >= 0.3 is 17.8 Å². The van der Waals surface area contributed by atoms with Crippen LogP contribution in [0.2, 0.25) is 0 Å². The molecule has 0 aromatic carbocycles. The number of hydrogen-bond donors (Lipinski definition) is 0. The van der Waals surface area contributed by atoms with E-state index in [4.69, 9.17) is 9.47 Å². The Kier molecular flexibility index (Phi) is 8.84. The highest BCUT2D eigenvalue weighted by molar-refractivity contribution is 6.35. The fraction of sp³-hybridized carbons (Fsp3) is 0.579. The second kappa shape index (κ2) is 10.6. The van der Waals surface area contributed by atoms with Crippen molar-refractivity contribution in [3.8, 4) is 0 Å². The number of carbonyl (C=O) groups excluding carboxylic acids is 4. The van der Waals surface area contributed by atoms with Crippen LogP contribution in [0.25, 0.3) is 0 Å². The zero-order valence-corrected chi connectivity index (χ0v) is 17.0. The van der Waals surface area contributed by atoms with Gasteiger partial charge in [0.1, 0.15) is 6.10 Å². The summed E-state index contributed by atoms with van der Waals surface area (Å²) < 4.78 is 10.9. The fourth-order valence-corrected chi connectivity index (χ4v) is 2.41. The highest BCUT2D eigenvalue weighted by atomic mass is 16.6. The average Bonchev–Trinajstić information content (AvgIpc) is 2.64. The van der Waals surface area contributed by atoms with Crippen LogP contribution in [0.4, 0.5) is 0 Å². The van der Waals surface area contributed by atoms with E-state index in [1.165, 1.54) is 21.6 Å². The zero-order valence-electron chi connectivity index (χ0n) is 17.0. The molecule has 1 unspecified atom stereocenters. The molecule has 0 N–H and O–H groups in total. The lowest BCUT2D eigenvalue weighted by Gasteiger charge is -2.33. The number of amides is 3. The molecule has 0 aromatic heterocycles. The number of rotatable bonds is 10. The van der Waals surface area contributed by atoms with Gasteiger partial charge in [-0.15, -0.1) is 0 Å². The van der Waals surface area contributed by atoms with Crippen molar-refractivity contribution in [1.82, 2.24) is 14.7 Å². The van der Waals surface area contributed by atoms with Crippen LogP contribution in [-0.2, 0) is 28.7 Å². The van der Waals surface area contributed by atoms with Gasteiger partial charge in [0.05, 0.1) is 19.8 Å². The summed E-state index contributed by atoms with van der Waals surface area (Å²) in [5.41, 5.74) is 0.645. The first-order valence-corrected chi connectivity index (χ1v) is 8.94. The van der Waals surface area contributed by atoms with Crippen LogP contribution in [0.1, 0.15) is 13.8 Å². The summed E-state index contributed by atoms with van der Waals surface area (Å²) in [5, 5.41) is 0. The molecule has 0 saturated carbocycles. The van der Waals surface area contributed by atoms with E-state index in [0.29, 0.717) is 25.2 Å². The molecule has 0 radical (unpaired) electrons. The van der Waals surface area contributed by atoms with E-state index in [1.54, 1.807) is 21.0 Å². The SMILES string of the molecule is C=C(C)C(=O)OC(COCCN(C)C(=O)C(=C)C)CN1CCN(C)C(=O)C1=O. The summed E-state index contributed by atoms with van der Waals surface area (Å²) in [5.74, 6) is -2.03. The molecule has 0 bridgehead atoms. The molecule has 0 aliphatic carbocycles. The second-order valence-electron chi connectivity index (χ2n) is 6.87. The predicted molar refractivity (Wildman–Crippen MR) is 102 cm³/mol. The molecule has 1 atom stereocenters. The molecule has 28 heavy (non-hydrogen) atoms. The van der Waals surface area contributed by atoms with Crippen LogP contribution in [0.3, 0.4) is 0 Å². The van der Waals surface area contributed by atoms with Gasteiger partial charge in [-0.1, -0.05) is 13.2 Å². The highest BCUT2D eigenvalue weighted by Crippen LogP contribution is 2.08. The van der Waals surface area contributed by atoms with Crippen LogP contribution < -0.4 is 0 Å². The molecule has 1 fully saturated rings. The van der Waals surface area contributed by atoms with E-state index < -0.39 is 23.9 Å². The monoisotopic (exact) mass is 395 g/mol. The quantitative estimate of drug-likeness (QED) is 0.220. The third-order valence-corrected chi connectivity index (χ3v) is 4.15. The maximum Gasteiger partial charge on any atom is 0.333 e. The molecule has 1 rings (SSSR count). The van der Waals surface area contributed by atoms with Gasteiger partial charge in [-0.3, -0.25) is 14.4 Å². The van der Waals surface area contributed by atoms with Gasteiger partial charge in [0, 0.05) is 44.9 Å². The number of carbonyl (C=O) groups is 4. The third kappa shape index (κ3) is 6.80. The summed E-state index contributed by atoms with van der Waals surface area (Å²) >= 11 is 0. The molecule has 1 aliphatic heterocycles. The van der Waals surface area contributed by atoms with Gasteiger partial charge in [0.15, 0.2) is 0 Å². The van der Waals surface area contributed by atoms with Crippen molar-refractivity contribution in [2.75, 3.05) is 53.5 Å². The first-order chi connectivity index (χ1) is 13.0. The Labute approximate surface area is 165 Å². The van der Waals surface area contributed by atoms with E-state index in [2.05, 4.69) is 13.2 Å². The standard InChI is InChI=1S/C19H29N3O6/c1-13(2)16(23)21(6)9-10-27-12-15(28-19(26)14(3)4)11-22-8-7-20(5)17(24)18(22)25/h15H,1,3,7-12H2,2,4-6H3. The molecule has 156 valence electrons. The first kappa shape index (κ1) is 23.4. The van der Waals surface area contributed by atoms with Crippen molar-refractivity contribution in [3.05, 3.63) is 24.3 Å². The van der Waals surface area contributed by atoms with Crippen LogP contribution in [0.15, 0.2) is 24.3 Å². The Balaban J connectivity index is 2.62. The van der Waals surface area contributed by atoms with E-state index in [9.17, 15) is 19.2 Å². The molecule has 1 saturated heterocycles. The Morgan fingerprint density at radius 2 is 1.79 bits per heavy atom. The molecule has 9 nitrogen and oxygen atoms in total. The Morgan fingerprint density at radius 1 is 1.14 bits per heavy atom. The molecular formula is C19H29N3O6. The lowest BCUT2D eigenvalue weighted by atomic mass is 10.2. The Hall–Kier alpha value is -2.68. The maximum absolute atomic E-state index is 12.1. The molecule has 1 aliphatic rings. The lowest BCUT2D eigenvalue weighted by molar-refractivity contribution is -0.159. The molecule has 0 aromatic rings. The molecular weight excluding hydrogens is 366 g/mol. The number of likely N-dealkylation sites (N-methyl/N-ethyl adjacent to an activating group) is 2. The average molecular weight is 395 g/mol. The topological polar surface area (TPSA) is 96.5 Å². The van der Waals surface area contributed by atoms with Crippen molar-refractivity contribution in [2.24, 2.45) is 0 Å². The predicted octanol–water partition coefficient (Wildman–Crippen LogP) is -0.174. The summed E-state index contributed by atoms with van der Waals surface area (Å²) in [6.07, 6.45) is -0.758. The van der Waals surface area contributed by atoms with Crippen molar-refractivity contribution < 1.29 is 28.7 Å². The highest BCUT2D eigenvalue weighted by Gasteiger charge is 2.32. The molecule has 9 heteroatoms. The molecule has 1 heterocycles. The van der Waals surface area contributed by atoms with Crippen molar-refractivity contribution in [1.29, 1.82) is 0 Å². The van der Waals surface area contributed by atoms with Gasteiger partial charge in [0.25, 0.3) is 0 Å². The Morgan fingerprint density at radius 3 is 2.36 bits per heavy atom. The minimum Gasteiger partial charge on any atom is -0.455 e. The summed E-state index contributed by atoms with van der Waals surface area (Å²) in [4.78, 5) is 51.8. The minimum atomic E-state index is -0.758. The number of ether oxygens (including phenoxy) is 2. The van der Waals surface area contributed by atoms with Gasteiger partial charge in [0.2, 0.25) is 5.91 Å². The second-order valence-corrected chi connectivity index (χ2v) is 6.87. The van der Waals surface area contributed by atoms with Crippen LogP contribution in [0, 0.1) is 0 Å². The van der Waals surface area contributed by atoms with Crippen molar-refractivity contribution in [2.45, 2.75) is 20.0 Å². The lowest BCUT2D eigenvalue weighted by Crippen LogP contribution is -2.55. The van der Waals surface area contributed by atoms with Crippen molar-refractivity contribution in [3.63, 3.8) is 0 Å². The summed E-state index contributed by atoms with van der Waals surface area (Å²) in [7, 11) is 3.19. The van der Waals surface area contributed by atoms with Crippen LogP contribution in [0.5, 0.6) is 0 Å². The van der Waals surface area contributed by atoms with E-state index in [-0.39, 0.29) is 31.2 Å². The number of esters is 1. The van der Waals surface area contributed by atoms with E-state index >= 15 is 0 Å². The first-order valence-electron chi connectivity index (χ1n) is 8.94. The van der Waals surface area contributed by atoms with Gasteiger partial charge < -0.3 is 24.2 Å². The van der Waals surface area contributed by atoms with Crippen LogP contribution in [-0.4, -0.2) is 98.0 Å². The minimum absolute atomic E-state index is 0.0158. The molecule has 3 amide bonds. The number of piperazine rings is 1. The third-order valence-electron chi connectivity index (χ3n) is 4.15. The number of hydrogen-bond acceptors (Lipinski definition) is 6. The normalized spacial score (nSPS) is 15.3. The number of nitrogens with zero attached hydrogens (tertiary/aromatic N) is 3. The largest absolute Gasteiger partial charge is 0.455 e. The van der Waals surface area contributed by atoms with Gasteiger partial charge in [-0.05, 0) is 13.8 Å².